The number of nitrogens with one attached hydrogen (secondary N) is 1. The van der Waals surface area contributed by atoms with Crippen molar-refractivity contribution in [3.63, 3.8) is 0 Å². The van der Waals surface area contributed by atoms with E-state index in [0.717, 1.165) is 16.9 Å². The number of hydrogen-bond donors (Lipinski definition) is 2. The normalized spacial score (nSPS) is 18.2. The van der Waals surface area contributed by atoms with Crippen LogP contribution in [0.25, 0.3) is 0 Å². The standard InChI is InChI=1S/C20H25N3O3/c1-13-6-7-16(9-14(13)2)23-12-15(10-19(23)25)20(26)21-11-18(24)17-5-4-8-22(17)3/h4-9,15,18,24H,10-12H2,1-3H3,(H,21,26)/t15-,18-/m1/s1. The van der Waals surface area contributed by atoms with Crippen molar-refractivity contribution in [1.82, 2.24) is 9.88 Å². The highest BCUT2D eigenvalue weighted by Crippen LogP contribution is 2.27. The number of anilines is 1. The van der Waals surface area contributed by atoms with Crippen molar-refractivity contribution in [2.45, 2.75) is 26.4 Å². The van der Waals surface area contributed by atoms with Gasteiger partial charge in [-0.2, -0.15) is 0 Å². The molecule has 2 amide bonds. The van der Waals surface area contributed by atoms with Gasteiger partial charge in [0.15, 0.2) is 0 Å². The number of aliphatic hydroxyl groups is 1. The Morgan fingerprint density at radius 3 is 2.73 bits per heavy atom. The number of rotatable bonds is 5. The van der Waals surface area contributed by atoms with Gasteiger partial charge >= 0.3 is 0 Å². The van der Waals surface area contributed by atoms with Crippen LogP contribution in [-0.2, 0) is 16.6 Å². The lowest BCUT2D eigenvalue weighted by atomic mass is 10.1. The second-order valence-corrected chi connectivity index (χ2v) is 6.98. The maximum absolute atomic E-state index is 12.4. The molecule has 138 valence electrons. The van der Waals surface area contributed by atoms with Crippen molar-refractivity contribution >= 4 is 17.5 Å². The van der Waals surface area contributed by atoms with Gasteiger partial charge in [0.1, 0.15) is 6.10 Å². The summed E-state index contributed by atoms with van der Waals surface area (Å²) in [6.07, 6.45) is 1.27. The molecule has 1 aromatic heterocycles. The Bertz CT molecular complexity index is 827. The van der Waals surface area contributed by atoms with Gasteiger partial charge in [0.05, 0.1) is 5.92 Å². The molecule has 3 rings (SSSR count). The Kier molecular flexibility index (Phi) is 5.13. The molecule has 1 aromatic carbocycles. The van der Waals surface area contributed by atoms with Gasteiger partial charge in [0.25, 0.3) is 0 Å². The van der Waals surface area contributed by atoms with Gasteiger partial charge in [-0.25, -0.2) is 0 Å². The molecule has 2 heterocycles. The van der Waals surface area contributed by atoms with Crippen LogP contribution in [0.1, 0.15) is 29.3 Å². The van der Waals surface area contributed by atoms with Crippen LogP contribution in [0.4, 0.5) is 5.69 Å². The third kappa shape index (κ3) is 3.65. The molecule has 1 fully saturated rings. The Labute approximate surface area is 153 Å². The molecular weight excluding hydrogens is 330 g/mol. The minimum absolute atomic E-state index is 0.0450. The molecule has 2 N–H and O–H groups in total. The van der Waals surface area contributed by atoms with E-state index in [-0.39, 0.29) is 24.8 Å². The van der Waals surface area contributed by atoms with Crippen molar-refractivity contribution in [1.29, 1.82) is 0 Å². The number of carbonyl (C=O) groups is 2. The highest BCUT2D eigenvalue weighted by atomic mass is 16.3. The van der Waals surface area contributed by atoms with E-state index < -0.39 is 12.0 Å². The first-order valence-electron chi connectivity index (χ1n) is 8.81. The fourth-order valence-corrected chi connectivity index (χ4v) is 3.29. The zero-order valence-electron chi connectivity index (χ0n) is 15.4. The highest BCUT2D eigenvalue weighted by Gasteiger charge is 2.35. The van der Waals surface area contributed by atoms with E-state index >= 15 is 0 Å². The molecule has 0 spiro atoms. The summed E-state index contributed by atoms with van der Waals surface area (Å²) in [6, 6.07) is 9.54. The molecule has 6 heteroatoms. The monoisotopic (exact) mass is 355 g/mol. The topological polar surface area (TPSA) is 74.6 Å². The first kappa shape index (κ1) is 18.2. The summed E-state index contributed by atoms with van der Waals surface area (Å²) in [5.74, 6) is -0.640. The Morgan fingerprint density at radius 1 is 1.31 bits per heavy atom. The lowest BCUT2D eigenvalue weighted by molar-refractivity contribution is -0.126. The van der Waals surface area contributed by atoms with Gasteiger partial charge in [-0.05, 0) is 49.2 Å². The van der Waals surface area contributed by atoms with E-state index in [0.29, 0.717) is 6.54 Å². The number of nitrogens with zero attached hydrogens (tertiary/aromatic N) is 2. The summed E-state index contributed by atoms with van der Waals surface area (Å²) in [5.41, 5.74) is 3.86. The highest BCUT2D eigenvalue weighted by molar-refractivity contribution is 6.00. The molecule has 1 aliphatic rings. The SMILES string of the molecule is Cc1ccc(N2C[C@H](C(=O)NC[C@@H](O)c3cccn3C)CC2=O)cc1C. The quantitative estimate of drug-likeness (QED) is 0.859. The summed E-state index contributed by atoms with van der Waals surface area (Å²) >= 11 is 0. The maximum atomic E-state index is 12.4. The largest absolute Gasteiger partial charge is 0.385 e. The van der Waals surface area contributed by atoms with Crippen molar-refractivity contribution < 1.29 is 14.7 Å². The average molecular weight is 355 g/mol. The number of amides is 2. The van der Waals surface area contributed by atoms with Crippen LogP contribution in [0.2, 0.25) is 0 Å². The van der Waals surface area contributed by atoms with Crippen LogP contribution in [-0.4, -0.2) is 34.6 Å². The molecule has 0 saturated carbocycles. The summed E-state index contributed by atoms with van der Waals surface area (Å²) in [5, 5.41) is 13.0. The van der Waals surface area contributed by atoms with Gasteiger partial charge in [-0.3, -0.25) is 9.59 Å². The van der Waals surface area contributed by atoms with Gasteiger partial charge in [0, 0.05) is 44.1 Å². The molecule has 0 radical (unpaired) electrons. The first-order chi connectivity index (χ1) is 12.4. The predicted molar refractivity (Wildman–Crippen MR) is 99.8 cm³/mol. The zero-order chi connectivity index (χ0) is 18.8. The van der Waals surface area contributed by atoms with E-state index in [1.54, 1.807) is 4.90 Å². The van der Waals surface area contributed by atoms with Crippen LogP contribution >= 0.6 is 0 Å². The van der Waals surface area contributed by atoms with Crippen molar-refractivity contribution in [2.24, 2.45) is 13.0 Å². The molecule has 0 aliphatic carbocycles. The molecule has 1 aliphatic heterocycles. The van der Waals surface area contributed by atoms with Crippen LogP contribution in [0, 0.1) is 19.8 Å². The second-order valence-electron chi connectivity index (χ2n) is 6.98. The summed E-state index contributed by atoms with van der Waals surface area (Å²) in [7, 11) is 1.84. The second kappa shape index (κ2) is 7.33. The maximum Gasteiger partial charge on any atom is 0.227 e. The lowest BCUT2D eigenvalue weighted by Gasteiger charge is -2.18. The molecule has 1 saturated heterocycles. The van der Waals surface area contributed by atoms with Gasteiger partial charge in [0.2, 0.25) is 11.8 Å². The van der Waals surface area contributed by atoms with Crippen molar-refractivity contribution in [3.8, 4) is 0 Å². The Morgan fingerprint density at radius 2 is 2.08 bits per heavy atom. The Hall–Kier alpha value is -2.60. The summed E-state index contributed by atoms with van der Waals surface area (Å²) in [6.45, 7) is 4.53. The van der Waals surface area contributed by atoms with Gasteiger partial charge < -0.3 is 19.9 Å². The number of carbonyl (C=O) groups excluding carboxylic acids is 2. The lowest BCUT2D eigenvalue weighted by Crippen LogP contribution is -2.35. The minimum atomic E-state index is -0.771. The smallest absolute Gasteiger partial charge is 0.227 e. The molecule has 26 heavy (non-hydrogen) atoms. The number of aliphatic hydroxyl groups excluding tert-OH is 1. The fraction of sp³-hybridized carbons (Fsp3) is 0.400. The fourth-order valence-electron chi connectivity index (χ4n) is 3.29. The number of aryl methyl sites for hydroxylation is 3. The van der Waals surface area contributed by atoms with Crippen molar-refractivity contribution in [2.75, 3.05) is 18.0 Å². The summed E-state index contributed by atoms with van der Waals surface area (Å²) in [4.78, 5) is 26.5. The van der Waals surface area contributed by atoms with E-state index in [9.17, 15) is 14.7 Å². The third-order valence-corrected chi connectivity index (χ3v) is 5.09. The average Bonchev–Trinajstić information content (AvgIpc) is 3.21. The molecular formula is C20H25N3O3. The van der Waals surface area contributed by atoms with E-state index in [4.69, 9.17) is 0 Å². The minimum Gasteiger partial charge on any atom is -0.385 e. The van der Waals surface area contributed by atoms with Gasteiger partial charge in [-0.1, -0.05) is 6.07 Å². The van der Waals surface area contributed by atoms with Crippen LogP contribution in [0.3, 0.4) is 0 Å². The van der Waals surface area contributed by atoms with Gasteiger partial charge in [-0.15, -0.1) is 0 Å². The van der Waals surface area contributed by atoms with Crippen LogP contribution in [0.15, 0.2) is 36.5 Å². The molecule has 2 atom stereocenters. The molecule has 2 aromatic rings. The number of aromatic nitrogens is 1. The van der Waals surface area contributed by atoms with E-state index in [1.165, 1.54) is 5.56 Å². The van der Waals surface area contributed by atoms with Crippen LogP contribution in [0.5, 0.6) is 0 Å². The van der Waals surface area contributed by atoms with E-state index in [2.05, 4.69) is 5.32 Å². The molecule has 0 bridgehead atoms. The zero-order valence-corrected chi connectivity index (χ0v) is 15.4. The first-order valence-corrected chi connectivity index (χ1v) is 8.81. The molecule has 6 nitrogen and oxygen atoms in total. The van der Waals surface area contributed by atoms with Crippen molar-refractivity contribution in [3.05, 3.63) is 53.3 Å². The Balaban J connectivity index is 1.60. The van der Waals surface area contributed by atoms with E-state index in [1.807, 2.05) is 62.0 Å². The van der Waals surface area contributed by atoms with Crippen LogP contribution < -0.4 is 10.2 Å². The summed E-state index contributed by atoms with van der Waals surface area (Å²) < 4.78 is 1.82. The third-order valence-electron chi connectivity index (χ3n) is 5.09. The predicted octanol–water partition coefficient (Wildman–Crippen LogP) is 1.84. The number of hydrogen-bond acceptors (Lipinski definition) is 3. The number of benzene rings is 1. The molecule has 0 unspecified atom stereocenters.